The predicted octanol–water partition coefficient (Wildman–Crippen LogP) is 6.09. The molecule has 0 atom stereocenters. The van der Waals surface area contributed by atoms with Crippen LogP contribution in [0.15, 0.2) is 48.5 Å². The van der Waals surface area contributed by atoms with Gasteiger partial charge in [-0.15, -0.1) is 0 Å². The van der Waals surface area contributed by atoms with Gasteiger partial charge in [0.05, 0.1) is 6.61 Å². The van der Waals surface area contributed by atoms with Crippen LogP contribution < -0.4 is 0 Å². The smallest absolute Gasteiger partial charge is 0.355 e. The Morgan fingerprint density at radius 2 is 1.73 bits per heavy atom. The van der Waals surface area contributed by atoms with Crippen molar-refractivity contribution in [1.82, 2.24) is 4.98 Å². The summed E-state index contributed by atoms with van der Waals surface area (Å²) in [7, 11) is 0. The molecule has 0 radical (unpaired) electrons. The Balaban J connectivity index is 2.06. The minimum Gasteiger partial charge on any atom is -0.461 e. The Labute approximate surface area is 155 Å². The second-order valence-electron chi connectivity index (χ2n) is 7.74. The highest BCUT2D eigenvalue weighted by Crippen LogP contribution is 2.34. The quantitative estimate of drug-likeness (QED) is 0.447. The van der Waals surface area contributed by atoms with E-state index < -0.39 is 0 Å². The van der Waals surface area contributed by atoms with Gasteiger partial charge in [0.25, 0.3) is 0 Å². The maximum atomic E-state index is 12.7. The molecule has 3 nitrogen and oxygen atoms in total. The van der Waals surface area contributed by atoms with Gasteiger partial charge in [0.2, 0.25) is 0 Å². The monoisotopic (exact) mass is 349 g/mol. The molecule has 136 valence electrons. The van der Waals surface area contributed by atoms with E-state index in [-0.39, 0.29) is 11.4 Å². The number of ether oxygens (including phenoxy) is 1. The molecule has 3 heteroatoms. The maximum Gasteiger partial charge on any atom is 0.355 e. The number of hydrogen-bond donors (Lipinski definition) is 1. The fourth-order valence-electron chi connectivity index (χ4n) is 3.11. The van der Waals surface area contributed by atoms with Crippen LogP contribution in [0.5, 0.6) is 0 Å². The number of rotatable bonds is 5. The van der Waals surface area contributed by atoms with E-state index in [0.717, 1.165) is 34.9 Å². The first kappa shape index (κ1) is 18.2. The van der Waals surface area contributed by atoms with Crippen LogP contribution in [0.3, 0.4) is 0 Å². The van der Waals surface area contributed by atoms with Crippen LogP contribution in [0.2, 0.25) is 0 Å². The average Bonchev–Trinajstić information content (AvgIpc) is 3.01. The fraction of sp³-hybridized carbons (Fsp3) is 0.348. The molecule has 0 fully saturated rings. The first-order valence-corrected chi connectivity index (χ1v) is 9.30. The van der Waals surface area contributed by atoms with E-state index in [1.54, 1.807) is 0 Å². The van der Waals surface area contributed by atoms with Gasteiger partial charge in [-0.2, -0.15) is 0 Å². The van der Waals surface area contributed by atoms with Crippen LogP contribution >= 0.6 is 0 Å². The SMILES string of the molecule is CCCCOC(=O)c1[nH]c2ccccc2c1-c1ccc(C(C)(C)C)cc1. The lowest BCUT2D eigenvalue weighted by Gasteiger charge is -2.19. The molecule has 1 aromatic heterocycles. The molecule has 1 heterocycles. The average molecular weight is 349 g/mol. The van der Waals surface area contributed by atoms with Gasteiger partial charge in [0.1, 0.15) is 5.69 Å². The molecular weight excluding hydrogens is 322 g/mol. The van der Waals surface area contributed by atoms with Crippen molar-refractivity contribution >= 4 is 16.9 Å². The summed E-state index contributed by atoms with van der Waals surface area (Å²) in [5, 5.41) is 1.04. The summed E-state index contributed by atoms with van der Waals surface area (Å²) in [6.45, 7) is 9.13. The van der Waals surface area contributed by atoms with Gasteiger partial charge in [-0.25, -0.2) is 4.79 Å². The number of esters is 1. The van der Waals surface area contributed by atoms with Crippen LogP contribution in [0.25, 0.3) is 22.0 Å². The summed E-state index contributed by atoms with van der Waals surface area (Å²) in [6, 6.07) is 16.5. The second kappa shape index (κ2) is 7.36. The Bertz CT molecular complexity index is 898. The Morgan fingerprint density at radius 3 is 2.38 bits per heavy atom. The summed E-state index contributed by atoms with van der Waals surface area (Å²) in [5.74, 6) is -0.287. The molecular formula is C23H27NO2. The maximum absolute atomic E-state index is 12.7. The number of nitrogens with one attached hydrogen (secondary N) is 1. The van der Waals surface area contributed by atoms with Gasteiger partial charge in [-0.05, 0) is 29.0 Å². The van der Waals surface area contributed by atoms with E-state index in [0.29, 0.717) is 12.3 Å². The molecule has 2 aromatic carbocycles. The first-order valence-electron chi connectivity index (χ1n) is 9.30. The Hall–Kier alpha value is -2.55. The number of unbranched alkanes of at least 4 members (excludes halogenated alkanes) is 1. The minimum absolute atomic E-state index is 0.0979. The van der Waals surface area contributed by atoms with Crippen molar-refractivity contribution in [3.05, 3.63) is 59.8 Å². The summed E-state index contributed by atoms with van der Waals surface area (Å²) in [6.07, 6.45) is 1.88. The Kier molecular flexibility index (Phi) is 5.17. The van der Waals surface area contributed by atoms with Crippen molar-refractivity contribution in [2.45, 2.75) is 46.0 Å². The number of carbonyl (C=O) groups is 1. The fourth-order valence-corrected chi connectivity index (χ4v) is 3.11. The third kappa shape index (κ3) is 3.67. The number of H-pyrrole nitrogens is 1. The zero-order valence-electron chi connectivity index (χ0n) is 16.1. The molecule has 3 aromatic rings. The highest BCUT2D eigenvalue weighted by atomic mass is 16.5. The van der Waals surface area contributed by atoms with Gasteiger partial charge in [0.15, 0.2) is 0 Å². The third-order valence-electron chi connectivity index (χ3n) is 4.68. The molecule has 3 rings (SSSR count). The predicted molar refractivity (Wildman–Crippen MR) is 108 cm³/mol. The molecule has 0 unspecified atom stereocenters. The molecule has 0 aliphatic rings. The van der Waals surface area contributed by atoms with E-state index in [2.05, 4.69) is 56.9 Å². The zero-order chi connectivity index (χ0) is 18.7. The van der Waals surface area contributed by atoms with Crippen LogP contribution in [0, 0.1) is 0 Å². The number of aromatic amines is 1. The topological polar surface area (TPSA) is 42.1 Å². The van der Waals surface area contributed by atoms with Gasteiger partial charge >= 0.3 is 5.97 Å². The molecule has 0 aliphatic carbocycles. The van der Waals surface area contributed by atoms with E-state index in [1.165, 1.54) is 5.56 Å². The summed E-state index contributed by atoms with van der Waals surface area (Å²) in [4.78, 5) is 15.9. The van der Waals surface area contributed by atoms with E-state index >= 15 is 0 Å². The summed E-state index contributed by atoms with van der Waals surface area (Å²) in [5.41, 5.74) is 4.80. The first-order chi connectivity index (χ1) is 12.4. The number of benzene rings is 2. The summed E-state index contributed by atoms with van der Waals surface area (Å²) < 4.78 is 5.47. The van der Waals surface area contributed by atoms with Gasteiger partial charge in [-0.1, -0.05) is 76.6 Å². The highest BCUT2D eigenvalue weighted by Gasteiger charge is 2.21. The molecule has 0 aliphatic heterocycles. The van der Waals surface area contributed by atoms with Crippen LogP contribution in [-0.4, -0.2) is 17.6 Å². The molecule has 0 amide bonds. The van der Waals surface area contributed by atoms with E-state index in [4.69, 9.17) is 4.74 Å². The number of carbonyl (C=O) groups excluding carboxylic acids is 1. The van der Waals surface area contributed by atoms with E-state index in [9.17, 15) is 4.79 Å². The van der Waals surface area contributed by atoms with Crippen molar-refractivity contribution in [2.24, 2.45) is 0 Å². The van der Waals surface area contributed by atoms with E-state index in [1.807, 2.05) is 24.3 Å². The number of hydrogen-bond acceptors (Lipinski definition) is 2. The molecule has 26 heavy (non-hydrogen) atoms. The van der Waals surface area contributed by atoms with Gasteiger partial charge < -0.3 is 9.72 Å². The van der Waals surface area contributed by atoms with Crippen molar-refractivity contribution in [3.8, 4) is 11.1 Å². The Morgan fingerprint density at radius 1 is 1.04 bits per heavy atom. The molecule has 0 bridgehead atoms. The lowest BCUT2D eigenvalue weighted by molar-refractivity contribution is 0.0495. The van der Waals surface area contributed by atoms with Crippen molar-refractivity contribution in [2.75, 3.05) is 6.61 Å². The molecule has 0 spiro atoms. The number of fused-ring (bicyclic) bond motifs is 1. The van der Waals surface area contributed by atoms with Crippen molar-refractivity contribution < 1.29 is 9.53 Å². The number of para-hydroxylation sites is 1. The normalized spacial score (nSPS) is 11.7. The van der Waals surface area contributed by atoms with Crippen LogP contribution in [0.4, 0.5) is 0 Å². The third-order valence-corrected chi connectivity index (χ3v) is 4.68. The zero-order valence-corrected chi connectivity index (χ0v) is 16.1. The van der Waals surface area contributed by atoms with Gasteiger partial charge in [-0.3, -0.25) is 0 Å². The lowest BCUT2D eigenvalue weighted by atomic mass is 9.86. The van der Waals surface area contributed by atoms with Crippen LogP contribution in [-0.2, 0) is 10.2 Å². The summed E-state index contributed by atoms with van der Waals surface area (Å²) >= 11 is 0. The van der Waals surface area contributed by atoms with Crippen molar-refractivity contribution in [1.29, 1.82) is 0 Å². The largest absolute Gasteiger partial charge is 0.461 e. The van der Waals surface area contributed by atoms with Crippen molar-refractivity contribution in [3.63, 3.8) is 0 Å². The van der Waals surface area contributed by atoms with Gasteiger partial charge in [0, 0.05) is 16.5 Å². The second-order valence-corrected chi connectivity index (χ2v) is 7.74. The highest BCUT2D eigenvalue weighted by molar-refractivity contribution is 6.08. The number of aromatic nitrogens is 1. The molecule has 0 saturated carbocycles. The lowest BCUT2D eigenvalue weighted by Crippen LogP contribution is -2.10. The molecule has 1 N–H and O–H groups in total. The van der Waals surface area contributed by atoms with Crippen LogP contribution in [0.1, 0.15) is 56.6 Å². The standard InChI is InChI=1S/C23H27NO2/c1-5-6-15-26-22(25)21-20(18-9-7-8-10-19(18)24-21)16-11-13-17(14-12-16)23(2,3)4/h7-14,24H,5-6,15H2,1-4H3. The minimum atomic E-state index is -0.287. The molecule has 0 saturated heterocycles.